The summed E-state index contributed by atoms with van der Waals surface area (Å²) in [6.45, 7) is 3.40. The molecule has 0 bridgehead atoms. The Hall–Kier alpha value is -3.35. The van der Waals surface area contributed by atoms with Crippen LogP contribution in [0.5, 0.6) is 5.75 Å². The number of guanidine groups is 1. The van der Waals surface area contributed by atoms with Crippen LogP contribution in [-0.2, 0) is 13.0 Å². The van der Waals surface area contributed by atoms with Crippen molar-refractivity contribution in [2.75, 3.05) is 20.7 Å². The molecule has 2 aromatic heterocycles. The summed E-state index contributed by atoms with van der Waals surface area (Å²) in [4.78, 5) is 13.0. The van der Waals surface area contributed by atoms with Crippen LogP contribution in [0.25, 0.3) is 5.82 Å². The van der Waals surface area contributed by atoms with Gasteiger partial charge in [-0.1, -0.05) is 18.2 Å². The predicted molar refractivity (Wildman–Crippen MR) is 111 cm³/mol. The van der Waals surface area contributed by atoms with E-state index in [0.717, 1.165) is 41.9 Å². The third-order valence-corrected chi connectivity index (χ3v) is 4.43. The Balaban J connectivity index is 1.46. The Morgan fingerprint density at radius 3 is 2.46 bits per heavy atom. The van der Waals surface area contributed by atoms with E-state index in [1.807, 2.05) is 42.1 Å². The zero-order valence-electron chi connectivity index (χ0n) is 16.5. The molecule has 0 atom stereocenters. The zero-order chi connectivity index (χ0) is 19.8. The van der Waals surface area contributed by atoms with Crippen LogP contribution in [0.4, 0.5) is 0 Å². The molecule has 0 aliphatic rings. The molecule has 2 heterocycles. The van der Waals surface area contributed by atoms with E-state index in [9.17, 15) is 0 Å². The van der Waals surface area contributed by atoms with E-state index in [4.69, 9.17) is 4.74 Å². The van der Waals surface area contributed by atoms with E-state index in [2.05, 4.69) is 43.8 Å². The van der Waals surface area contributed by atoms with Gasteiger partial charge in [0.05, 0.1) is 7.11 Å². The fraction of sp³-hybridized carbons (Fsp3) is 0.286. The molecule has 7 heteroatoms. The third kappa shape index (κ3) is 5.09. The van der Waals surface area contributed by atoms with Crippen molar-refractivity contribution >= 4 is 5.96 Å². The van der Waals surface area contributed by atoms with Crippen LogP contribution in [-0.4, -0.2) is 41.2 Å². The van der Waals surface area contributed by atoms with Gasteiger partial charge in [0, 0.05) is 38.7 Å². The number of ether oxygens (including phenoxy) is 1. The van der Waals surface area contributed by atoms with Gasteiger partial charge >= 0.3 is 0 Å². The molecule has 2 N–H and O–H groups in total. The van der Waals surface area contributed by atoms with Crippen LogP contribution in [0.1, 0.15) is 17.0 Å². The molecule has 0 radical (unpaired) electrons. The second-order valence-corrected chi connectivity index (χ2v) is 6.32. The van der Waals surface area contributed by atoms with Gasteiger partial charge in [0.1, 0.15) is 17.4 Å². The standard InChI is InChI=1S/C21H26N6O/c1-16-23-12-13-27(16)20-9-6-18(14-25-20)15-26-21(22-2)24-11-10-17-4-7-19(28-3)8-5-17/h4-9,12-14H,10-11,15H2,1-3H3,(H2,22,24,26). The molecule has 7 nitrogen and oxygen atoms in total. The molecule has 0 aliphatic carbocycles. The van der Waals surface area contributed by atoms with E-state index in [-0.39, 0.29) is 0 Å². The van der Waals surface area contributed by atoms with Gasteiger partial charge in [-0.2, -0.15) is 0 Å². The number of nitrogens with zero attached hydrogens (tertiary/aromatic N) is 4. The highest BCUT2D eigenvalue weighted by Gasteiger charge is 2.03. The number of nitrogens with one attached hydrogen (secondary N) is 2. The Kier molecular flexibility index (Phi) is 6.62. The Morgan fingerprint density at radius 1 is 1.07 bits per heavy atom. The van der Waals surface area contributed by atoms with Crippen molar-refractivity contribution in [1.29, 1.82) is 0 Å². The summed E-state index contributed by atoms with van der Waals surface area (Å²) in [5, 5.41) is 6.65. The number of hydrogen-bond acceptors (Lipinski definition) is 4. The van der Waals surface area contributed by atoms with E-state index in [1.165, 1.54) is 5.56 Å². The highest BCUT2D eigenvalue weighted by Crippen LogP contribution is 2.11. The summed E-state index contributed by atoms with van der Waals surface area (Å²) in [6, 6.07) is 12.2. The number of aliphatic imine (C=N–C) groups is 1. The van der Waals surface area contributed by atoms with Gasteiger partial charge < -0.3 is 15.4 Å². The van der Waals surface area contributed by atoms with Crippen molar-refractivity contribution < 1.29 is 4.74 Å². The van der Waals surface area contributed by atoms with Crippen LogP contribution >= 0.6 is 0 Å². The van der Waals surface area contributed by atoms with Crippen LogP contribution in [0.15, 0.2) is 60.0 Å². The van der Waals surface area contributed by atoms with Crippen molar-refractivity contribution in [3.63, 3.8) is 0 Å². The Morgan fingerprint density at radius 2 is 1.86 bits per heavy atom. The van der Waals surface area contributed by atoms with Crippen LogP contribution in [0.3, 0.4) is 0 Å². The van der Waals surface area contributed by atoms with E-state index >= 15 is 0 Å². The van der Waals surface area contributed by atoms with Gasteiger partial charge in [-0.25, -0.2) is 9.97 Å². The number of aryl methyl sites for hydroxylation is 1. The van der Waals surface area contributed by atoms with Crippen LogP contribution in [0, 0.1) is 6.92 Å². The smallest absolute Gasteiger partial charge is 0.191 e. The summed E-state index contributed by atoms with van der Waals surface area (Å²) in [7, 11) is 3.44. The molecule has 28 heavy (non-hydrogen) atoms. The number of rotatable bonds is 7. The first kappa shape index (κ1) is 19.4. The number of benzene rings is 1. The normalized spacial score (nSPS) is 11.3. The molecule has 0 saturated heterocycles. The SMILES string of the molecule is CN=C(NCCc1ccc(OC)cc1)NCc1ccc(-n2ccnc2C)nc1. The highest BCUT2D eigenvalue weighted by molar-refractivity contribution is 5.79. The molecular weight excluding hydrogens is 352 g/mol. The second-order valence-electron chi connectivity index (χ2n) is 6.32. The van der Waals surface area contributed by atoms with Crippen molar-refractivity contribution in [1.82, 2.24) is 25.2 Å². The fourth-order valence-electron chi connectivity index (χ4n) is 2.81. The Labute approximate surface area is 165 Å². The minimum atomic E-state index is 0.651. The lowest BCUT2D eigenvalue weighted by Gasteiger charge is -2.12. The lowest BCUT2D eigenvalue weighted by atomic mass is 10.1. The van der Waals surface area contributed by atoms with Crippen molar-refractivity contribution in [2.45, 2.75) is 19.9 Å². The molecule has 0 unspecified atom stereocenters. The monoisotopic (exact) mass is 378 g/mol. The zero-order valence-corrected chi connectivity index (χ0v) is 16.5. The summed E-state index contributed by atoms with van der Waals surface area (Å²) in [6.07, 6.45) is 6.45. The largest absolute Gasteiger partial charge is 0.497 e. The number of methoxy groups -OCH3 is 1. The lowest BCUT2D eigenvalue weighted by Crippen LogP contribution is -2.37. The fourth-order valence-corrected chi connectivity index (χ4v) is 2.81. The average molecular weight is 378 g/mol. The summed E-state index contributed by atoms with van der Waals surface area (Å²) in [5.74, 6) is 3.42. The van der Waals surface area contributed by atoms with E-state index in [0.29, 0.717) is 6.54 Å². The van der Waals surface area contributed by atoms with Gasteiger partial charge in [-0.05, 0) is 42.7 Å². The summed E-state index contributed by atoms with van der Waals surface area (Å²) in [5.41, 5.74) is 2.33. The maximum absolute atomic E-state index is 5.18. The van der Waals surface area contributed by atoms with E-state index < -0.39 is 0 Å². The van der Waals surface area contributed by atoms with Crippen LogP contribution in [0.2, 0.25) is 0 Å². The second kappa shape index (κ2) is 9.55. The highest BCUT2D eigenvalue weighted by atomic mass is 16.5. The maximum Gasteiger partial charge on any atom is 0.191 e. The predicted octanol–water partition coefficient (Wildman–Crippen LogP) is 2.49. The van der Waals surface area contributed by atoms with E-state index in [1.54, 1.807) is 20.4 Å². The van der Waals surface area contributed by atoms with Crippen molar-refractivity contribution in [3.05, 3.63) is 71.9 Å². The molecule has 146 valence electrons. The Bertz CT molecular complexity index is 899. The maximum atomic E-state index is 5.18. The van der Waals surface area contributed by atoms with Crippen molar-refractivity contribution in [3.8, 4) is 11.6 Å². The molecule has 0 saturated carbocycles. The van der Waals surface area contributed by atoms with Gasteiger partial charge in [-0.15, -0.1) is 0 Å². The number of aromatic nitrogens is 3. The first-order chi connectivity index (χ1) is 13.7. The van der Waals surface area contributed by atoms with Gasteiger partial charge in [-0.3, -0.25) is 9.56 Å². The molecule has 0 amide bonds. The molecule has 3 aromatic rings. The average Bonchev–Trinajstić information content (AvgIpc) is 3.17. The quantitative estimate of drug-likeness (QED) is 0.488. The molecule has 0 aliphatic heterocycles. The molecule has 1 aromatic carbocycles. The minimum absolute atomic E-state index is 0.651. The van der Waals surface area contributed by atoms with Crippen LogP contribution < -0.4 is 15.4 Å². The topological polar surface area (TPSA) is 76.4 Å². The first-order valence-corrected chi connectivity index (χ1v) is 9.22. The summed E-state index contributed by atoms with van der Waals surface area (Å²) < 4.78 is 7.14. The lowest BCUT2D eigenvalue weighted by molar-refractivity contribution is 0.414. The molecule has 0 fully saturated rings. The number of hydrogen-bond donors (Lipinski definition) is 2. The first-order valence-electron chi connectivity index (χ1n) is 9.22. The third-order valence-electron chi connectivity index (χ3n) is 4.43. The van der Waals surface area contributed by atoms with Gasteiger partial charge in [0.2, 0.25) is 0 Å². The van der Waals surface area contributed by atoms with Gasteiger partial charge in [0.15, 0.2) is 5.96 Å². The minimum Gasteiger partial charge on any atom is -0.497 e. The molecule has 0 spiro atoms. The number of imidazole rings is 1. The molecular formula is C21H26N6O. The van der Waals surface area contributed by atoms with Gasteiger partial charge in [0.25, 0.3) is 0 Å². The summed E-state index contributed by atoms with van der Waals surface area (Å²) >= 11 is 0. The molecule has 3 rings (SSSR count). The number of pyridine rings is 1. The van der Waals surface area contributed by atoms with Crippen molar-refractivity contribution in [2.24, 2.45) is 4.99 Å².